The van der Waals surface area contributed by atoms with Crippen LogP contribution in [0, 0.1) is 5.92 Å². The number of aliphatic hydroxyl groups is 1. The zero-order chi connectivity index (χ0) is 26.6. The van der Waals surface area contributed by atoms with Gasteiger partial charge in [0.25, 0.3) is 0 Å². The number of guanidine groups is 1. The average Bonchev–Trinajstić information content (AvgIpc) is 2.71. The summed E-state index contributed by atoms with van der Waals surface area (Å²) in [6.07, 6.45) is -1.88. The van der Waals surface area contributed by atoms with Gasteiger partial charge in [0, 0.05) is 6.54 Å². The summed E-state index contributed by atoms with van der Waals surface area (Å²) >= 11 is 0. The van der Waals surface area contributed by atoms with E-state index in [1.54, 1.807) is 13.8 Å². The molecule has 0 fully saturated rings. The highest BCUT2D eigenvalue weighted by molar-refractivity contribution is 5.96. The molecule has 15 heteroatoms. The predicted octanol–water partition coefficient (Wildman–Crippen LogP) is -4.18. The van der Waals surface area contributed by atoms with E-state index in [0.717, 1.165) is 0 Å². The lowest BCUT2D eigenvalue weighted by atomic mass is 10.0. The summed E-state index contributed by atoms with van der Waals surface area (Å²) in [6.45, 7) is 4.72. The van der Waals surface area contributed by atoms with Crippen LogP contribution in [0.15, 0.2) is 4.99 Å². The number of carboxylic acids is 1. The first kappa shape index (κ1) is 30.5. The maximum atomic E-state index is 12.7. The molecule has 0 aliphatic heterocycles. The van der Waals surface area contributed by atoms with Gasteiger partial charge in [0.05, 0.1) is 18.6 Å². The lowest BCUT2D eigenvalue weighted by molar-refractivity contribution is -0.142. The Balaban J connectivity index is 5.42. The molecule has 5 atom stereocenters. The number of amides is 4. The molecule has 0 radical (unpaired) electrons. The monoisotopic (exact) mass is 488 g/mol. The molecule has 0 aromatic heterocycles. The van der Waals surface area contributed by atoms with E-state index in [1.165, 1.54) is 6.92 Å². The summed E-state index contributed by atoms with van der Waals surface area (Å²) < 4.78 is 0. The summed E-state index contributed by atoms with van der Waals surface area (Å²) in [4.78, 5) is 64.2. The van der Waals surface area contributed by atoms with Crippen molar-refractivity contribution < 1.29 is 34.2 Å². The van der Waals surface area contributed by atoms with E-state index in [0.29, 0.717) is 0 Å². The van der Waals surface area contributed by atoms with Crippen LogP contribution in [0.1, 0.15) is 40.0 Å². The number of carbonyl (C=O) groups is 5. The van der Waals surface area contributed by atoms with Gasteiger partial charge in [-0.2, -0.15) is 0 Å². The molecule has 0 saturated carbocycles. The molecule has 0 aliphatic carbocycles. The molecule has 194 valence electrons. The minimum absolute atomic E-state index is 0.0471. The first-order valence-electron chi connectivity index (χ1n) is 10.6. The Hall–Kier alpha value is -3.46. The van der Waals surface area contributed by atoms with Crippen molar-refractivity contribution in [3.63, 3.8) is 0 Å². The van der Waals surface area contributed by atoms with Crippen LogP contribution in [-0.2, 0) is 24.0 Å². The van der Waals surface area contributed by atoms with Crippen molar-refractivity contribution in [3.05, 3.63) is 0 Å². The lowest BCUT2D eigenvalue weighted by Gasteiger charge is -2.26. The second-order valence-electron chi connectivity index (χ2n) is 8.08. The van der Waals surface area contributed by atoms with Gasteiger partial charge in [-0.15, -0.1) is 0 Å². The summed E-state index contributed by atoms with van der Waals surface area (Å²) in [5, 5.41) is 26.0. The van der Waals surface area contributed by atoms with Gasteiger partial charge in [-0.1, -0.05) is 13.8 Å². The minimum atomic E-state index is -1.57. The molecule has 0 spiro atoms. The SMILES string of the molecule is CC(C)C(N)C(=O)NC(C(=O)NC(CC(N)=O)C(=O)NC(CCCN=C(N)N)C(=O)O)C(C)O. The minimum Gasteiger partial charge on any atom is -0.480 e. The standard InChI is InChI=1S/C19H36N8O7/c1-8(2)13(21)16(31)27-14(9(3)28)17(32)26-11(7-12(20)29)15(30)25-10(18(33)34)5-4-6-24-19(22)23/h8-11,13-14,28H,4-7,21H2,1-3H3,(H2,20,29)(H,25,30)(H,26,32)(H,27,31)(H,33,34)(H4,22,23,24). The number of primary amides is 1. The van der Waals surface area contributed by atoms with E-state index in [4.69, 9.17) is 22.9 Å². The third kappa shape index (κ3) is 11.4. The highest BCUT2D eigenvalue weighted by Crippen LogP contribution is 2.04. The number of hydrogen-bond acceptors (Lipinski definition) is 8. The highest BCUT2D eigenvalue weighted by atomic mass is 16.4. The molecule has 0 saturated heterocycles. The topological polar surface area (TPSA) is 278 Å². The number of carboxylic acid groups (broad SMARTS) is 1. The van der Waals surface area contributed by atoms with Gasteiger partial charge in [-0.3, -0.25) is 24.2 Å². The Labute approximate surface area is 197 Å². The maximum Gasteiger partial charge on any atom is 0.326 e. The number of aliphatic carboxylic acids is 1. The van der Waals surface area contributed by atoms with Gasteiger partial charge in [-0.25, -0.2) is 4.79 Å². The van der Waals surface area contributed by atoms with Crippen LogP contribution in [0.3, 0.4) is 0 Å². The normalized spacial score (nSPS) is 15.2. The third-order valence-electron chi connectivity index (χ3n) is 4.68. The average molecular weight is 489 g/mol. The van der Waals surface area contributed by atoms with Crippen molar-refractivity contribution in [1.29, 1.82) is 0 Å². The number of aliphatic hydroxyl groups excluding tert-OH is 1. The molecule has 13 N–H and O–H groups in total. The van der Waals surface area contributed by atoms with Crippen LogP contribution in [0.4, 0.5) is 0 Å². The summed E-state index contributed by atoms with van der Waals surface area (Å²) in [5.74, 6) is -5.46. The van der Waals surface area contributed by atoms with E-state index < -0.39 is 66.3 Å². The molecule has 34 heavy (non-hydrogen) atoms. The van der Waals surface area contributed by atoms with E-state index in [1.807, 2.05) is 0 Å². The van der Waals surface area contributed by atoms with E-state index in [-0.39, 0.29) is 31.3 Å². The molecule has 0 aromatic rings. The first-order valence-corrected chi connectivity index (χ1v) is 10.6. The quantitative estimate of drug-likeness (QED) is 0.0608. The van der Waals surface area contributed by atoms with Gasteiger partial charge in [0.1, 0.15) is 18.1 Å². The smallest absolute Gasteiger partial charge is 0.326 e. The Bertz CT molecular complexity index is 768. The van der Waals surface area contributed by atoms with Gasteiger partial charge in [-0.05, 0) is 25.7 Å². The van der Waals surface area contributed by atoms with Crippen molar-refractivity contribution in [2.24, 2.45) is 33.8 Å². The van der Waals surface area contributed by atoms with Crippen LogP contribution in [-0.4, -0.2) is 82.6 Å². The molecule has 0 bridgehead atoms. The fourth-order valence-corrected chi connectivity index (χ4v) is 2.66. The molecular weight excluding hydrogens is 452 g/mol. The lowest BCUT2D eigenvalue weighted by Crippen LogP contribution is -2.60. The number of nitrogens with two attached hydrogens (primary N) is 4. The summed E-state index contributed by atoms with van der Waals surface area (Å²) in [7, 11) is 0. The van der Waals surface area contributed by atoms with Crippen molar-refractivity contribution in [3.8, 4) is 0 Å². The van der Waals surface area contributed by atoms with Crippen LogP contribution in [0.5, 0.6) is 0 Å². The van der Waals surface area contributed by atoms with Gasteiger partial charge >= 0.3 is 5.97 Å². The van der Waals surface area contributed by atoms with Gasteiger partial charge < -0.3 is 49.1 Å². The second kappa shape index (κ2) is 14.6. The second-order valence-corrected chi connectivity index (χ2v) is 8.08. The van der Waals surface area contributed by atoms with Gasteiger partial charge in [0.15, 0.2) is 5.96 Å². The fourth-order valence-electron chi connectivity index (χ4n) is 2.66. The van der Waals surface area contributed by atoms with Crippen LogP contribution in [0.25, 0.3) is 0 Å². The van der Waals surface area contributed by atoms with E-state index in [2.05, 4.69) is 20.9 Å². The molecule has 15 nitrogen and oxygen atoms in total. The summed E-state index contributed by atoms with van der Waals surface area (Å²) in [6, 6.07) is -5.41. The van der Waals surface area contributed by atoms with Crippen molar-refractivity contribution in [2.45, 2.75) is 70.3 Å². The Morgan fingerprint density at radius 1 is 0.882 bits per heavy atom. The fraction of sp³-hybridized carbons (Fsp3) is 0.684. The molecule has 0 heterocycles. The molecule has 5 unspecified atom stereocenters. The first-order chi connectivity index (χ1) is 15.7. The molecule has 4 amide bonds. The van der Waals surface area contributed by atoms with E-state index in [9.17, 15) is 34.2 Å². The molecule has 0 rings (SSSR count). The van der Waals surface area contributed by atoms with Crippen molar-refractivity contribution >= 4 is 35.6 Å². The summed E-state index contributed by atoms with van der Waals surface area (Å²) in [5.41, 5.74) is 21.3. The zero-order valence-corrected chi connectivity index (χ0v) is 19.5. The van der Waals surface area contributed by atoms with Gasteiger partial charge in [0.2, 0.25) is 23.6 Å². The largest absolute Gasteiger partial charge is 0.480 e. The van der Waals surface area contributed by atoms with Crippen LogP contribution < -0.4 is 38.9 Å². The number of nitrogens with one attached hydrogen (secondary N) is 3. The number of carbonyl (C=O) groups excluding carboxylic acids is 4. The Morgan fingerprint density at radius 3 is 1.88 bits per heavy atom. The van der Waals surface area contributed by atoms with E-state index >= 15 is 0 Å². The van der Waals surface area contributed by atoms with Crippen molar-refractivity contribution in [1.82, 2.24) is 16.0 Å². The van der Waals surface area contributed by atoms with Crippen LogP contribution in [0.2, 0.25) is 0 Å². The Morgan fingerprint density at radius 2 is 1.44 bits per heavy atom. The highest BCUT2D eigenvalue weighted by Gasteiger charge is 2.33. The van der Waals surface area contributed by atoms with Crippen molar-refractivity contribution in [2.75, 3.05) is 6.54 Å². The molecule has 0 aromatic carbocycles. The third-order valence-corrected chi connectivity index (χ3v) is 4.68. The zero-order valence-electron chi connectivity index (χ0n) is 19.5. The number of aliphatic imine (C=N–C) groups is 1. The predicted molar refractivity (Wildman–Crippen MR) is 122 cm³/mol. The number of nitrogens with zero attached hydrogens (tertiary/aromatic N) is 1. The molecular formula is C19H36N8O7. The van der Waals surface area contributed by atoms with Crippen LogP contribution >= 0.6 is 0 Å². The number of rotatable bonds is 15. The number of hydrogen-bond donors (Lipinski definition) is 9. The maximum absolute atomic E-state index is 12.7. The molecule has 0 aliphatic rings. The Kier molecular flexibility index (Phi) is 13.2.